The van der Waals surface area contributed by atoms with E-state index in [0.717, 1.165) is 38.5 Å². The van der Waals surface area contributed by atoms with Gasteiger partial charge in [-0.3, -0.25) is 9.59 Å². The van der Waals surface area contributed by atoms with Gasteiger partial charge >= 0.3 is 5.97 Å². The summed E-state index contributed by atoms with van der Waals surface area (Å²) >= 11 is 0. The molecule has 0 aromatic rings. The van der Waals surface area contributed by atoms with Crippen LogP contribution < -0.4 is 5.32 Å². The molecule has 0 radical (unpaired) electrons. The third kappa shape index (κ3) is 63.9. The molecule has 460 valence electrons. The number of hydrogen-bond acceptors (Lipinski definition) is 5. The van der Waals surface area contributed by atoms with E-state index < -0.39 is 12.1 Å². The zero-order valence-electron chi connectivity index (χ0n) is 52.7. The van der Waals surface area contributed by atoms with Gasteiger partial charge in [0.05, 0.1) is 25.4 Å². The molecule has 77 heavy (non-hydrogen) atoms. The summed E-state index contributed by atoms with van der Waals surface area (Å²) in [6.45, 7) is 5.01. The smallest absolute Gasteiger partial charge is 0.305 e. The van der Waals surface area contributed by atoms with Crippen molar-refractivity contribution in [3.8, 4) is 0 Å². The lowest BCUT2D eigenvalue weighted by Crippen LogP contribution is -2.45. The summed E-state index contributed by atoms with van der Waals surface area (Å²) in [4.78, 5) is 24.6. The number of aliphatic hydroxyl groups excluding tert-OH is 2. The maximum atomic E-state index is 12.5. The quantitative estimate of drug-likeness (QED) is 0.0417. The van der Waals surface area contributed by atoms with Crippen molar-refractivity contribution in [3.63, 3.8) is 0 Å². The molecule has 0 heterocycles. The monoisotopic (exact) mass is 1090 g/mol. The number of aliphatic hydroxyl groups is 2. The number of nitrogens with one attached hydrogen (secondary N) is 1. The first kappa shape index (κ1) is 75.9. The van der Waals surface area contributed by atoms with Crippen LogP contribution in [0.25, 0.3) is 0 Å². The lowest BCUT2D eigenvalue weighted by molar-refractivity contribution is -0.143. The Morgan fingerprint density at radius 3 is 0.792 bits per heavy atom. The van der Waals surface area contributed by atoms with Crippen LogP contribution in [0.1, 0.15) is 418 Å². The predicted molar refractivity (Wildman–Crippen MR) is 338 cm³/mol. The Bertz CT molecular complexity index is 1120. The molecule has 3 N–H and O–H groups in total. The molecule has 0 bridgehead atoms. The lowest BCUT2D eigenvalue weighted by Gasteiger charge is -2.22. The molecule has 1 amide bonds. The second kappa shape index (κ2) is 67.4. The Labute approximate surface area is 483 Å². The highest BCUT2D eigenvalue weighted by molar-refractivity contribution is 5.76. The van der Waals surface area contributed by atoms with E-state index in [1.165, 1.54) is 347 Å². The minimum absolute atomic E-state index is 0.0199. The van der Waals surface area contributed by atoms with E-state index in [4.69, 9.17) is 4.74 Å². The van der Waals surface area contributed by atoms with E-state index in [0.29, 0.717) is 25.9 Å². The molecule has 0 saturated carbocycles. The number of unbranched alkanes of at least 4 members (excludes halogenated alkanes) is 57. The summed E-state index contributed by atoms with van der Waals surface area (Å²) in [7, 11) is 0. The third-order valence-electron chi connectivity index (χ3n) is 17.2. The van der Waals surface area contributed by atoms with Gasteiger partial charge in [-0.2, -0.15) is 0 Å². The maximum absolute atomic E-state index is 12.5. The molecule has 0 rings (SSSR count). The topological polar surface area (TPSA) is 95.9 Å². The summed E-state index contributed by atoms with van der Waals surface area (Å²) in [5.74, 6) is -0.00835. The van der Waals surface area contributed by atoms with Crippen molar-refractivity contribution in [1.82, 2.24) is 5.32 Å². The van der Waals surface area contributed by atoms with Crippen LogP contribution in [-0.2, 0) is 14.3 Å². The van der Waals surface area contributed by atoms with Gasteiger partial charge in [0.15, 0.2) is 0 Å². The fourth-order valence-corrected chi connectivity index (χ4v) is 11.7. The molecule has 0 aliphatic heterocycles. The van der Waals surface area contributed by atoms with E-state index in [1.54, 1.807) is 0 Å². The van der Waals surface area contributed by atoms with Gasteiger partial charge in [-0.15, -0.1) is 0 Å². The SMILES string of the molecule is CCCCCCCCCCCCCCCCCCCCCCCC(O)C(CO)NC(=O)CCCCCCCCCCCCCCCCCCCCCCCCCCOC(=O)CCCCCCCCCCCCCCCCC. The van der Waals surface area contributed by atoms with Crippen LogP contribution in [0, 0.1) is 0 Å². The molecule has 0 saturated heterocycles. The number of esters is 1. The molecule has 6 heteroatoms. The highest BCUT2D eigenvalue weighted by Gasteiger charge is 2.20. The van der Waals surface area contributed by atoms with Crippen LogP contribution in [-0.4, -0.2) is 47.4 Å². The Kier molecular flexibility index (Phi) is 66.4. The zero-order chi connectivity index (χ0) is 55.7. The molecular weight excluding hydrogens is 947 g/mol. The van der Waals surface area contributed by atoms with Crippen molar-refractivity contribution >= 4 is 11.9 Å². The average molecular weight is 1090 g/mol. The van der Waals surface area contributed by atoms with Crippen molar-refractivity contribution < 1.29 is 24.5 Å². The first-order valence-corrected chi connectivity index (χ1v) is 35.8. The van der Waals surface area contributed by atoms with Crippen molar-refractivity contribution in [3.05, 3.63) is 0 Å². The summed E-state index contributed by atoms with van der Waals surface area (Å²) in [5, 5.41) is 23.4. The highest BCUT2D eigenvalue weighted by Crippen LogP contribution is 2.20. The largest absolute Gasteiger partial charge is 0.466 e. The number of carbonyl (C=O) groups excluding carboxylic acids is 2. The first-order chi connectivity index (χ1) is 38.0. The van der Waals surface area contributed by atoms with Gasteiger partial charge in [-0.1, -0.05) is 380 Å². The molecule has 2 unspecified atom stereocenters. The highest BCUT2D eigenvalue weighted by atomic mass is 16.5. The van der Waals surface area contributed by atoms with Crippen molar-refractivity contribution in [1.29, 1.82) is 0 Å². The van der Waals surface area contributed by atoms with E-state index in [9.17, 15) is 19.8 Å². The molecule has 6 nitrogen and oxygen atoms in total. The zero-order valence-corrected chi connectivity index (χ0v) is 52.7. The van der Waals surface area contributed by atoms with Crippen LogP contribution in [0.5, 0.6) is 0 Å². The summed E-state index contributed by atoms with van der Waals surface area (Å²) in [6, 6.07) is -0.540. The molecule has 0 spiro atoms. The van der Waals surface area contributed by atoms with Gasteiger partial charge in [-0.25, -0.2) is 0 Å². The van der Waals surface area contributed by atoms with Gasteiger partial charge in [0.25, 0.3) is 0 Å². The fraction of sp³-hybridized carbons (Fsp3) is 0.972. The van der Waals surface area contributed by atoms with Gasteiger partial charge in [0.2, 0.25) is 5.91 Å². The normalized spacial score (nSPS) is 12.4. The number of rotatable bonds is 68. The van der Waals surface area contributed by atoms with Crippen LogP contribution >= 0.6 is 0 Å². The Hall–Kier alpha value is -1.14. The van der Waals surface area contributed by atoms with Gasteiger partial charge in [-0.05, 0) is 25.7 Å². The molecule has 0 aliphatic rings. The third-order valence-corrected chi connectivity index (χ3v) is 17.2. The average Bonchev–Trinajstić information content (AvgIpc) is 3.43. The Morgan fingerprint density at radius 2 is 0.532 bits per heavy atom. The van der Waals surface area contributed by atoms with Crippen molar-refractivity contribution in [2.45, 2.75) is 431 Å². The first-order valence-electron chi connectivity index (χ1n) is 35.8. The predicted octanol–water partition coefficient (Wildman–Crippen LogP) is 23.0. The Morgan fingerprint density at radius 1 is 0.312 bits per heavy atom. The van der Waals surface area contributed by atoms with Crippen LogP contribution in [0.4, 0.5) is 0 Å². The second-order valence-corrected chi connectivity index (χ2v) is 24.9. The van der Waals surface area contributed by atoms with Gasteiger partial charge < -0.3 is 20.3 Å². The van der Waals surface area contributed by atoms with Crippen LogP contribution in [0.15, 0.2) is 0 Å². The van der Waals surface area contributed by atoms with Crippen LogP contribution in [0.3, 0.4) is 0 Å². The van der Waals surface area contributed by atoms with E-state index in [2.05, 4.69) is 19.2 Å². The minimum atomic E-state index is -0.663. The minimum Gasteiger partial charge on any atom is -0.466 e. The number of carbonyl (C=O) groups is 2. The molecule has 0 aromatic carbocycles. The maximum Gasteiger partial charge on any atom is 0.305 e. The second-order valence-electron chi connectivity index (χ2n) is 24.9. The van der Waals surface area contributed by atoms with Crippen molar-refractivity contribution in [2.75, 3.05) is 13.2 Å². The van der Waals surface area contributed by atoms with E-state index in [1.807, 2.05) is 0 Å². The summed E-state index contributed by atoms with van der Waals surface area (Å²) in [5.41, 5.74) is 0. The van der Waals surface area contributed by atoms with Crippen molar-refractivity contribution in [2.24, 2.45) is 0 Å². The van der Waals surface area contributed by atoms with E-state index in [-0.39, 0.29) is 18.5 Å². The summed E-state index contributed by atoms with van der Waals surface area (Å²) < 4.78 is 5.50. The fourth-order valence-electron chi connectivity index (χ4n) is 11.7. The van der Waals surface area contributed by atoms with Crippen LogP contribution in [0.2, 0.25) is 0 Å². The van der Waals surface area contributed by atoms with Gasteiger partial charge in [0, 0.05) is 12.8 Å². The van der Waals surface area contributed by atoms with E-state index >= 15 is 0 Å². The van der Waals surface area contributed by atoms with Gasteiger partial charge in [0.1, 0.15) is 0 Å². The molecule has 0 fully saturated rings. The number of ether oxygens (including phenoxy) is 1. The molecule has 2 atom stereocenters. The number of hydrogen-bond donors (Lipinski definition) is 3. The standard InChI is InChI=1S/C71H141NO5/c1-3-5-7-9-11-13-15-17-19-20-21-26-29-32-36-39-43-47-51-55-59-63-69(74)68(67-73)72-70(75)64-60-56-52-48-44-40-37-33-30-27-24-22-23-25-28-31-34-38-42-46-50-54-58-62-66-77-71(76)65-61-57-53-49-45-41-35-18-16-14-12-10-8-6-4-2/h68-69,73-74H,3-67H2,1-2H3,(H,72,75). The number of amides is 1. The molecular formula is C71H141NO5. The summed E-state index contributed by atoms with van der Waals surface area (Å²) in [6.07, 6.45) is 81.5. The molecule has 0 aromatic heterocycles. The lowest BCUT2D eigenvalue weighted by atomic mass is 10.0. The molecule has 0 aliphatic carbocycles. The Balaban J connectivity index is 3.35.